The molecule has 0 fully saturated rings. The first-order valence-electron chi connectivity index (χ1n) is 7.64. The smallest absolute Gasteiger partial charge is 0.326 e. The van der Waals surface area contributed by atoms with Crippen molar-refractivity contribution in [2.75, 3.05) is 12.0 Å². The molecule has 0 aliphatic rings. The van der Waals surface area contributed by atoms with Gasteiger partial charge in [0.2, 0.25) is 0 Å². The molecule has 0 radical (unpaired) electrons. The Kier molecular flexibility index (Phi) is 7.10. The molecule has 1 atom stereocenters. The van der Waals surface area contributed by atoms with Crippen LogP contribution in [0.5, 0.6) is 0 Å². The van der Waals surface area contributed by atoms with Crippen LogP contribution >= 0.6 is 11.8 Å². The molecular formula is C17H18N2O6S. The van der Waals surface area contributed by atoms with Crippen molar-refractivity contribution in [1.82, 2.24) is 10.6 Å². The van der Waals surface area contributed by atoms with Crippen LogP contribution in [0.1, 0.15) is 22.7 Å². The Morgan fingerprint density at radius 2 is 1.96 bits per heavy atom. The predicted octanol–water partition coefficient (Wildman–Crippen LogP) is 1.97. The van der Waals surface area contributed by atoms with Gasteiger partial charge in [-0.15, -0.1) is 0 Å². The van der Waals surface area contributed by atoms with Crippen LogP contribution in [0.3, 0.4) is 0 Å². The molecule has 2 amide bonds. The summed E-state index contributed by atoms with van der Waals surface area (Å²) in [5.41, 5.74) is -0.156. The zero-order chi connectivity index (χ0) is 18.9. The molecule has 0 aliphatic carbocycles. The number of furan rings is 2. The first kappa shape index (κ1) is 19.4. The van der Waals surface area contributed by atoms with Gasteiger partial charge in [-0.1, -0.05) is 0 Å². The van der Waals surface area contributed by atoms with Crippen LogP contribution in [0.25, 0.3) is 6.08 Å². The van der Waals surface area contributed by atoms with E-state index in [1.165, 1.54) is 42.5 Å². The molecule has 26 heavy (non-hydrogen) atoms. The lowest BCUT2D eigenvalue weighted by molar-refractivity contribution is -0.141. The maximum atomic E-state index is 12.5. The van der Waals surface area contributed by atoms with E-state index in [4.69, 9.17) is 8.83 Å². The molecule has 0 aliphatic heterocycles. The maximum Gasteiger partial charge on any atom is 0.326 e. The van der Waals surface area contributed by atoms with Gasteiger partial charge in [-0.3, -0.25) is 9.59 Å². The Bertz CT molecular complexity index is 767. The molecule has 3 N–H and O–H groups in total. The van der Waals surface area contributed by atoms with Gasteiger partial charge in [-0.2, -0.15) is 11.8 Å². The maximum absolute atomic E-state index is 12.5. The van der Waals surface area contributed by atoms with Crippen molar-refractivity contribution < 1.29 is 28.3 Å². The van der Waals surface area contributed by atoms with E-state index in [-0.39, 0.29) is 17.9 Å². The van der Waals surface area contributed by atoms with Crippen LogP contribution < -0.4 is 10.6 Å². The average Bonchev–Trinajstić information content (AvgIpc) is 3.30. The van der Waals surface area contributed by atoms with Crippen LogP contribution in [0.4, 0.5) is 0 Å². The summed E-state index contributed by atoms with van der Waals surface area (Å²) in [4.78, 5) is 36.0. The molecule has 2 heterocycles. The van der Waals surface area contributed by atoms with Crippen molar-refractivity contribution in [1.29, 1.82) is 0 Å². The van der Waals surface area contributed by atoms with Crippen LogP contribution in [0.2, 0.25) is 0 Å². The highest BCUT2D eigenvalue weighted by atomic mass is 32.2. The van der Waals surface area contributed by atoms with E-state index in [0.717, 1.165) is 0 Å². The summed E-state index contributed by atoms with van der Waals surface area (Å²) in [6, 6.07) is 5.11. The number of nitrogens with one attached hydrogen (secondary N) is 2. The first-order chi connectivity index (χ1) is 12.5. The zero-order valence-electron chi connectivity index (χ0n) is 13.9. The van der Waals surface area contributed by atoms with Gasteiger partial charge in [0, 0.05) is 6.08 Å². The third-order valence-corrected chi connectivity index (χ3v) is 3.93. The number of amides is 2. The van der Waals surface area contributed by atoms with Crippen LogP contribution in [-0.4, -0.2) is 40.9 Å². The quantitative estimate of drug-likeness (QED) is 0.570. The van der Waals surface area contributed by atoms with Crippen molar-refractivity contribution in [3.63, 3.8) is 0 Å². The summed E-state index contributed by atoms with van der Waals surface area (Å²) in [6.07, 6.45) is 6.14. The molecule has 2 aromatic heterocycles. The fraction of sp³-hybridized carbons (Fsp3) is 0.235. The number of carbonyl (C=O) groups excluding carboxylic acids is 2. The van der Waals surface area contributed by atoms with Gasteiger partial charge in [0.05, 0.1) is 12.5 Å². The highest BCUT2D eigenvalue weighted by Crippen LogP contribution is 2.09. The minimum atomic E-state index is -1.15. The lowest BCUT2D eigenvalue weighted by Gasteiger charge is -2.15. The van der Waals surface area contributed by atoms with Crippen molar-refractivity contribution in [3.05, 3.63) is 54.0 Å². The molecular weight excluding hydrogens is 360 g/mol. The van der Waals surface area contributed by atoms with Crippen molar-refractivity contribution in [2.45, 2.75) is 12.5 Å². The summed E-state index contributed by atoms with van der Waals surface area (Å²) >= 11 is 1.47. The molecule has 0 saturated carbocycles. The Balaban J connectivity index is 2.18. The van der Waals surface area contributed by atoms with Gasteiger partial charge < -0.3 is 24.6 Å². The average molecular weight is 378 g/mol. The van der Waals surface area contributed by atoms with Gasteiger partial charge in [0.25, 0.3) is 11.8 Å². The van der Waals surface area contributed by atoms with Crippen LogP contribution in [-0.2, 0) is 9.59 Å². The number of hydrogen-bond acceptors (Lipinski definition) is 6. The van der Waals surface area contributed by atoms with Crippen LogP contribution in [0.15, 0.2) is 51.3 Å². The molecule has 8 nitrogen and oxygen atoms in total. The lowest BCUT2D eigenvalue weighted by Crippen LogP contribution is -2.44. The predicted molar refractivity (Wildman–Crippen MR) is 95.4 cm³/mol. The molecule has 0 saturated heterocycles. The number of carboxylic acids is 1. The van der Waals surface area contributed by atoms with E-state index in [2.05, 4.69) is 10.6 Å². The molecule has 0 unspecified atom stereocenters. The molecule has 2 rings (SSSR count). The Hall–Kier alpha value is -2.94. The lowest BCUT2D eigenvalue weighted by atomic mass is 10.2. The van der Waals surface area contributed by atoms with E-state index in [1.54, 1.807) is 12.1 Å². The largest absolute Gasteiger partial charge is 0.480 e. The van der Waals surface area contributed by atoms with Gasteiger partial charge in [0.1, 0.15) is 17.5 Å². The Labute approximate surface area is 153 Å². The topological polar surface area (TPSA) is 122 Å². The van der Waals surface area contributed by atoms with E-state index >= 15 is 0 Å². The second-order valence-corrected chi connectivity index (χ2v) is 6.14. The third-order valence-electron chi connectivity index (χ3n) is 3.28. The summed E-state index contributed by atoms with van der Waals surface area (Å²) in [5.74, 6) is -1.63. The number of carboxylic acid groups (broad SMARTS) is 1. The number of rotatable bonds is 9. The summed E-state index contributed by atoms with van der Waals surface area (Å²) in [6.45, 7) is 0. The number of carbonyl (C=O) groups is 3. The van der Waals surface area contributed by atoms with Gasteiger partial charge in [-0.05, 0) is 42.7 Å². The fourth-order valence-corrected chi connectivity index (χ4v) is 2.47. The SMILES string of the molecule is CSCC[C@H](NC(=O)/C(=C\c1ccco1)NC(=O)c1ccco1)C(=O)O. The van der Waals surface area contributed by atoms with Crippen LogP contribution in [0, 0.1) is 0 Å². The second kappa shape index (κ2) is 9.52. The minimum absolute atomic E-state index is 0.0142. The highest BCUT2D eigenvalue weighted by Gasteiger charge is 2.23. The minimum Gasteiger partial charge on any atom is -0.480 e. The molecule has 9 heteroatoms. The highest BCUT2D eigenvalue weighted by molar-refractivity contribution is 7.98. The zero-order valence-corrected chi connectivity index (χ0v) is 14.7. The van der Waals surface area contributed by atoms with Crippen molar-refractivity contribution >= 4 is 35.6 Å². The van der Waals surface area contributed by atoms with E-state index < -0.39 is 23.8 Å². The van der Waals surface area contributed by atoms with E-state index in [1.807, 2.05) is 6.26 Å². The standard InChI is InChI=1S/C17H18N2O6S/c1-26-9-6-12(17(22)23)18-15(20)13(10-11-4-2-7-24-11)19-16(21)14-5-3-8-25-14/h2-5,7-8,10,12H,6,9H2,1H3,(H,18,20)(H,19,21)(H,22,23)/b13-10+/t12-/m0/s1. The summed E-state index contributed by atoms with van der Waals surface area (Å²) in [7, 11) is 0. The van der Waals surface area contributed by atoms with Crippen molar-refractivity contribution in [3.8, 4) is 0 Å². The molecule has 0 aromatic carbocycles. The van der Waals surface area contributed by atoms with Gasteiger partial charge in [0.15, 0.2) is 5.76 Å². The monoisotopic (exact) mass is 378 g/mol. The molecule has 0 bridgehead atoms. The Morgan fingerprint density at radius 3 is 2.54 bits per heavy atom. The third kappa shape index (κ3) is 5.55. The van der Waals surface area contributed by atoms with E-state index in [9.17, 15) is 19.5 Å². The van der Waals surface area contributed by atoms with Gasteiger partial charge in [-0.25, -0.2) is 4.79 Å². The normalized spacial score (nSPS) is 12.4. The number of hydrogen-bond donors (Lipinski definition) is 3. The van der Waals surface area contributed by atoms with Gasteiger partial charge >= 0.3 is 5.97 Å². The fourth-order valence-electron chi connectivity index (χ4n) is 1.99. The van der Waals surface area contributed by atoms with Crippen molar-refractivity contribution in [2.24, 2.45) is 0 Å². The molecule has 138 valence electrons. The number of aliphatic carboxylic acids is 1. The molecule has 2 aromatic rings. The number of thioether (sulfide) groups is 1. The Morgan fingerprint density at radius 1 is 1.23 bits per heavy atom. The first-order valence-corrected chi connectivity index (χ1v) is 9.03. The second-order valence-electron chi connectivity index (χ2n) is 5.15. The summed E-state index contributed by atoms with van der Waals surface area (Å²) < 4.78 is 10.1. The molecule has 0 spiro atoms. The summed E-state index contributed by atoms with van der Waals surface area (Å²) in [5, 5.41) is 14.1. The van der Waals surface area contributed by atoms with E-state index in [0.29, 0.717) is 11.5 Å².